The van der Waals surface area contributed by atoms with Crippen molar-refractivity contribution in [3.63, 3.8) is 0 Å². The van der Waals surface area contributed by atoms with E-state index in [4.69, 9.17) is 21.7 Å². The molecule has 1 amide bonds. The molecule has 0 aliphatic carbocycles. The number of carbonyl (C=O) groups excluding carboxylic acids is 1. The van der Waals surface area contributed by atoms with Crippen molar-refractivity contribution in [3.05, 3.63) is 58.4 Å². The van der Waals surface area contributed by atoms with Crippen LogP contribution in [0.5, 0.6) is 11.5 Å². The molecule has 3 rings (SSSR count). The minimum Gasteiger partial charge on any atom is -0.497 e. The van der Waals surface area contributed by atoms with E-state index >= 15 is 0 Å². The van der Waals surface area contributed by atoms with E-state index in [0.717, 1.165) is 16.7 Å². The molecule has 8 heteroatoms. The molecule has 2 aromatic carbocycles. The molecule has 0 radical (unpaired) electrons. The Morgan fingerprint density at radius 2 is 1.93 bits per heavy atom. The summed E-state index contributed by atoms with van der Waals surface area (Å²) in [6.07, 6.45) is 0. The van der Waals surface area contributed by atoms with E-state index in [0.29, 0.717) is 22.1 Å². The van der Waals surface area contributed by atoms with Crippen molar-refractivity contribution in [3.8, 4) is 22.9 Å². The van der Waals surface area contributed by atoms with Crippen molar-refractivity contribution in [2.24, 2.45) is 0 Å². The molecule has 152 valence electrons. The van der Waals surface area contributed by atoms with E-state index in [1.54, 1.807) is 18.8 Å². The number of amides is 1. The third-order valence-electron chi connectivity index (χ3n) is 4.65. The first-order valence-electron chi connectivity index (χ1n) is 9.16. The van der Waals surface area contributed by atoms with Gasteiger partial charge >= 0.3 is 0 Å². The van der Waals surface area contributed by atoms with Crippen molar-refractivity contribution in [2.45, 2.75) is 26.4 Å². The van der Waals surface area contributed by atoms with Crippen molar-refractivity contribution in [1.82, 2.24) is 20.1 Å². The van der Waals surface area contributed by atoms with Crippen molar-refractivity contribution in [1.29, 1.82) is 0 Å². The van der Waals surface area contributed by atoms with Gasteiger partial charge in [-0.05, 0) is 44.3 Å². The van der Waals surface area contributed by atoms with Crippen LogP contribution in [0.2, 0.25) is 0 Å². The molecule has 1 atom stereocenters. The Bertz CT molecular complexity index is 1060. The summed E-state index contributed by atoms with van der Waals surface area (Å²) in [5.74, 6) is 1.81. The molecule has 0 unspecified atom stereocenters. The Kier molecular flexibility index (Phi) is 6.33. The lowest BCUT2D eigenvalue weighted by atomic mass is 10.1. The summed E-state index contributed by atoms with van der Waals surface area (Å²) >= 11 is 5.32. The van der Waals surface area contributed by atoms with Gasteiger partial charge in [-0.25, -0.2) is 0 Å². The van der Waals surface area contributed by atoms with Crippen LogP contribution in [-0.4, -0.2) is 34.9 Å². The Morgan fingerprint density at radius 1 is 1.21 bits per heavy atom. The van der Waals surface area contributed by atoms with Crippen LogP contribution in [0.15, 0.2) is 42.5 Å². The molecule has 0 saturated heterocycles. The highest BCUT2D eigenvalue weighted by molar-refractivity contribution is 7.71. The number of aromatic amines is 1. The minimum absolute atomic E-state index is 0.0508. The molecule has 1 heterocycles. The number of methoxy groups -OCH3 is 2. The summed E-state index contributed by atoms with van der Waals surface area (Å²) in [6, 6.07) is 13.1. The highest BCUT2D eigenvalue weighted by Crippen LogP contribution is 2.29. The zero-order chi connectivity index (χ0) is 21.0. The molecule has 29 heavy (non-hydrogen) atoms. The standard InChI is InChI=1S/C21H24N4O3S/c1-13-5-7-15(8-6-13)20-23-24-21(29)25(20)12-19(26)22-14(2)17-11-16(27-3)9-10-18(17)28-4/h5-11,14H,12H2,1-4H3,(H,22,26)(H,24,29)/t14-/m0/s1. The van der Waals surface area contributed by atoms with Gasteiger partial charge in [0.1, 0.15) is 18.0 Å². The van der Waals surface area contributed by atoms with Gasteiger partial charge in [0.2, 0.25) is 5.91 Å². The second-order valence-electron chi connectivity index (χ2n) is 6.70. The van der Waals surface area contributed by atoms with Crippen molar-refractivity contribution < 1.29 is 14.3 Å². The number of nitrogens with one attached hydrogen (secondary N) is 2. The molecule has 0 aliphatic heterocycles. The normalized spacial score (nSPS) is 11.7. The number of aryl methyl sites for hydroxylation is 1. The van der Waals surface area contributed by atoms with Crippen LogP contribution < -0.4 is 14.8 Å². The average Bonchev–Trinajstić information content (AvgIpc) is 3.08. The Morgan fingerprint density at radius 3 is 2.59 bits per heavy atom. The number of H-pyrrole nitrogens is 1. The van der Waals surface area contributed by atoms with Crippen LogP contribution in [-0.2, 0) is 11.3 Å². The van der Waals surface area contributed by atoms with Crippen LogP contribution in [0, 0.1) is 11.7 Å². The molecule has 7 nitrogen and oxygen atoms in total. The molecule has 1 aromatic heterocycles. The Labute approximate surface area is 174 Å². The zero-order valence-corrected chi connectivity index (χ0v) is 17.7. The lowest BCUT2D eigenvalue weighted by Gasteiger charge is -2.18. The predicted octanol–water partition coefficient (Wildman–Crippen LogP) is 3.81. The fraction of sp³-hybridized carbons (Fsp3) is 0.286. The van der Waals surface area contributed by atoms with Crippen LogP contribution in [0.3, 0.4) is 0 Å². The number of carbonyl (C=O) groups is 1. The number of benzene rings is 2. The van der Waals surface area contributed by atoms with E-state index < -0.39 is 0 Å². The maximum Gasteiger partial charge on any atom is 0.240 e. The first-order valence-corrected chi connectivity index (χ1v) is 9.57. The molecule has 3 aromatic rings. The van der Waals surface area contributed by atoms with Gasteiger partial charge in [-0.2, -0.15) is 5.10 Å². The van der Waals surface area contributed by atoms with E-state index in [2.05, 4.69) is 15.5 Å². The number of hydrogen-bond acceptors (Lipinski definition) is 5. The van der Waals surface area contributed by atoms with Gasteiger partial charge in [-0.3, -0.25) is 14.5 Å². The molecule has 0 aliphatic rings. The van der Waals surface area contributed by atoms with E-state index in [1.807, 2.05) is 56.3 Å². The quantitative estimate of drug-likeness (QED) is 0.577. The molecular weight excluding hydrogens is 388 g/mol. The van der Waals surface area contributed by atoms with Crippen LogP contribution in [0.4, 0.5) is 0 Å². The summed E-state index contributed by atoms with van der Waals surface area (Å²) in [4.78, 5) is 12.7. The fourth-order valence-corrected chi connectivity index (χ4v) is 3.27. The van der Waals surface area contributed by atoms with Crippen LogP contribution >= 0.6 is 12.2 Å². The van der Waals surface area contributed by atoms with Gasteiger partial charge in [0.25, 0.3) is 0 Å². The second kappa shape index (κ2) is 8.91. The number of hydrogen-bond donors (Lipinski definition) is 2. The monoisotopic (exact) mass is 412 g/mol. The van der Waals surface area contributed by atoms with E-state index in [9.17, 15) is 4.79 Å². The highest BCUT2D eigenvalue weighted by Gasteiger charge is 2.17. The lowest BCUT2D eigenvalue weighted by molar-refractivity contribution is -0.122. The first kappa shape index (κ1) is 20.6. The highest BCUT2D eigenvalue weighted by atomic mass is 32.1. The number of aromatic nitrogens is 3. The van der Waals surface area contributed by atoms with Gasteiger partial charge in [0, 0.05) is 11.1 Å². The second-order valence-corrected chi connectivity index (χ2v) is 7.09. The summed E-state index contributed by atoms with van der Waals surface area (Å²) < 4.78 is 12.8. The molecular formula is C21H24N4O3S. The molecule has 0 saturated carbocycles. The van der Waals surface area contributed by atoms with Gasteiger partial charge < -0.3 is 14.8 Å². The number of rotatable bonds is 7. The smallest absolute Gasteiger partial charge is 0.240 e. The summed E-state index contributed by atoms with van der Waals surface area (Å²) in [7, 11) is 3.20. The lowest BCUT2D eigenvalue weighted by Crippen LogP contribution is -2.30. The predicted molar refractivity (Wildman–Crippen MR) is 114 cm³/mol. The number of ether oxygens (including phenoxy) is 2. The van der Waals surface area contributed by atoms with Gasteiger partial charge in [0.05, 0.1) is 20.3 Å². The van der Waals surface area contributed by atoms with Crippen molar-refractivity contribution in [2.75, 3.05) is 14.2 Å². The van der Waals surface area contributed by atoms with Crippen molar-refractivity contribution >= 4 is 18.1 Å². The van der Waals surface area contributed by atoms with Gasteiger partial charge in [0.15, 0.2) is 10.6 Å². The maximum absolute atomic E-state index is 12.7. The fourth-order valence-electron chi connectivity index (χ4n) is 3.07. The van der Waals surface area contributed by atoms with Crippen LogP contribution in [0.25, 0.3) is 11.4 Å². The largest absolute Gasteiger partial charge is 0.497 e. The topological polar surface area (TPSA) is 81.2 Å². The van der Waals surface area contributed by atoms with E-state index in [1.165, 1.54) is 0 Å². The summed E-state index contributed by atoms with van der Waals surface area (Å²) in [6.45, 7) is 3.96. The first-order chi connectivity index (χ1) is 13.9. The Hall–Kier alpha value is -3.13. The third kappa shape index (κ3) is 4.65. The summed E-state index contributed by atoms with van der Waals surface area (Å²) in [5, 5.41) is 10.1. The van der Waals surface area contributed by atoms with Gasteiger partial charge in [-0.1, -0.05) is 29.8 Å². The molecule has 0 bridgehead atoms. The third-order valence-corrected chi connectivity index (χ3v) is 4.96. The molecule has 2 N–H and O–H groups in total. The van der Waals surface area contributed by atoms with Gasteiger partial charge in [-0.15, -0.1) is 0 Å². The van der Waals surface area contributed by atoms with E-state index in [-0.39, 0.29) is 18.5 Å². The van der Waals surface area contributed by atoms with Crippen LogP contribution in [0.1, 0.15) is 24.1 Å². The molecule has 0 spiro atoms. The zero-order valence-electron chi connectivity index (χ0n) is 16.9. The Balaban J connectivity index is 1.79. The average molecular weight is 413 g/mol. The minimum atomic E-state index is -0.281. The maximum atomic E-state index is 12.7. The number of nitrogens with zero attached hydrogens (tertiary/aromatic N) is 2. The summed E-state index contributed by atoms with van der Waals surface area (Å²) in [5.41, 5.74) is 2.86. The molecule has 0 fully saturated rings. The SMILES string of the molecule is COc1ccc(OC)c([C@H](C)NC(=O)Cn2c(-c3ccc(C)cc3)n[nH]c2=S)c1.